The van der Waals surface area contributed by atoms with Gasteiger partial charge < -0.3 is 21.1 Å². The number of carboxylic acids is 1. The summed E-state index contributed by atoms with van der Waals surface area (Å²) in [4.78, 5) is 34.0. The number of carbonyl (C=O) groups excluding carboxylic acids is 2. The minimum atomic E-state index is -1.09. The van der Waals surface area contributed by atoms with Gasteiger partial charge in [-0.1, -0.05) is 13.3 Å². The van der Waals surface area contributed by atoms with Gasteiger partial charge in [0.1, 0.15) is 12.1 Å². The van der Waals surface area contributed by atoms with E-state index < -0.39 is 24.1 Å². The fourth-order valence-corrected chi connectivity index (χ4v) is 1.42. The van der Waals surface area contributed by atoms with Crippen LogP contribution in [0.1, 0.15) is 40.5 Å². The quantitative estimate of drug-likeness (QED) is 0.540. The molecule has 7 nitrogen and oxygen atoms in total. The van der Waals surface area contributed by atoms with Gasteiger partial charge in [-0.25, -0.2) is 9.59 Å². The van der Waals surface area contributed by atoms with Crippen LogP contribution in [0.4, 0.5) is 4.79 Å². The average Bonchev–Trinajstić information content (AvgIpc) is 2.27. The fraction of sp³-hybridized carbons (Fsp3) is 0.750. The Bertz CT molecular complexity index is 331. The summed E-state index contributed by atoms with van der Waals surface area (Å²) in [6, 6.07) is -2.34. The molecule has 2 atom stereocenters. The van der Waals surface area contributed by atoms with E-state index >= 15 is 0 Å². The molecule has 0 fully saturated rings. The van der Waals surface area contributed by atoms with Crippen LogP contribution in [0.25, 0.3) is 0 Å². The molecule has 0 aliphatic heterocycles. The zero-order valence-electron chi connectivity index (χ0n) is 11.8. The van der Waals surface area contributed by atoms with Gasteiger partial charge in [0, 0.05) is 6.04 Å². The number of amides is 3. The zero-order valence-corrected chi connectivity index (χ0v) is 11.8. The van der Waals surface area contributed by atoms with Crippen molar-refractivity contribution in [1.29, 1.82) is 0 Å². The topological polar surface area (TPSA) is 108 Å². The molecule has 0 bridgehead atoms. The van der Waals surface area contributed by atoms with Crippen LogP contribution in [0, 0.1) is 0 Å². The van der Waals surface area contributed by atoms with Crippen molar-refractivity contribution in [1.82, 2.24) is 16.0 Å². The number of rotatable bonds is 7. The van der Waals surface area contributed by atoms with Crippen molar-refractivity contribution in [2.24, 2.45) is 0 Å². The maximum absolute atomic E-state index is 11.6. The van der Waals surface area contributed by atoms with E-state index in [0.29, 0.717) is 12.8 Å². The first-order valence-corrected chi connectivity index (χ1v) is 6.38. The second kappa shape index (κ2) is 8.34. The van der Waals surface area contributed by atoms with Gasteiger partial charge in [-0.3, -0.25) is 4.79 Å². The second-order valence-electron chi connectivity index (χ2n) is 4.68. The van der Waals surface area contributed by atoms with E-state index in [1.165, 1.54) is 6.92 Å². The first-order chi connectivity index (χ1) is 8.77. The highest BCUT2D eigenvalue weighted by Crippen LogP contribution is 1.97. The predicted molar refractivity (Wildman–Crippen MR) is 70.7 cm³/mol. The molecule has 0 aromatic rings. The van der Waals surface area contributed by atoms with Crippen LogP contribution in [0.3, 0.4) is 0 Å². The van der Waals surface area contributed by atoms with E-state index in [9.17, 15) is 14.4 Å². The van der Waals surface area contributed by atoms with Crippen LogP contribution >= 0.6 is 0 Å². The zero-order chi connectivity index (χ0) is 15.0. The average molecular weight is 273 g/mol. The third-order valence-corrected chi connectivity index (χ3v) is 2.35. The van der Waals surface area contributed by atoms with Crippen molar-refractivity contribution in [2.75, 3.05) is 0 Å². The molecule has 0 spiro atoms. The minimum absolute atomic E-state index is 0.0216. The van der Waals surface area contributed by atoms with Crippen molar-refractivity contribution >= 4 is 17.9 Å². The summed E-state index contributed by atoms with van der Waals surface area (Å²) in [5.74, 6) is -1.40. The number of aliphatic carboxylic acids is 1. The van der Waals surface area contributed by atoms with Crippen molar-refractivity contribution < 1.29 is 19.5 Å². The monoisotopic (exact) mass is 273 g/mol. The molecule has 110 valence electrons. The molecule has 4 N–H and O–H groups in total. The van der Waals surface area contributed by atoms with Gasteiger partial charge in [-0.2, -0.15) is 0 Å². The van der Waals surface area contributed by atoms with Gasteiger partial charge >= 0.3 is 12.0 Å². The van der Waals surface area contributed by atoms with Gasteiger partial charge in [0.25, 0.3) is 0 Å². The molecule has 0 aliphatic rings. The van der Waals surface area contributed by atoms with Gasteiger partial charge in [-0.05, 0) is 27.2 Å². The molecular weight excluding hydrogens is 250 g/mol. The number of carbonyl (C=O) groups is 3. The maximum Gasteiger partial charge on any atom is 0.326 e. The van der Waals surface area contributed by atoms with E-state index in [4.69, 9.17) is 5.11 Å². The molecule has 0 aliphatic carbocycles. The van der Waals surface area contributed by atoms with Crippen molar-refractivity contribution in [3.05, 3.63) is 0 Å². The van der Waals surface area contributed by atoms with Gasteiger partial charge in [0.15, 0.2) is 0 Å². The summed E-state index contributed by atoms with van der Waals surface area (Å²) in [5.41, 5.74) is 0. The molecule has 0 rings (SSSR count). The van der Waals surface area contributed by atoms with Gasteiger partial charge in [-0.15, -0.1) is 0 Å². The second-order valence-corrected chi connectivity index (χ2v) is 4.68. The molecule has 0 saturated heterocycles. The number of hydrogen-bond donors (Lipinski definition) is 4. The molecule has 0 heterocycles. The SMILES string of the molecule is CCC[C@@H](NC(=O)NC(C)C(=O)NC(C)C)C(=O)O. The van der Waals surface area contributed by atoms with Crippen LogP contribution in [0.5, 0.6) is 0 Å². The Morgan fingerprint density at radius 1 is 1.05 bits per heavy atom. The number of carboxylic acid groups (broad SMARTS) is 1. The molecular formula is C12H23N3O4. The summed E-state index contributed by atoms with van der Waals surface area (Å²) in [6.45, 7) is 6.99. The predicted octanol–water partition coefficient (Wildman–Crippen LogP) is 0.452. The highest BCUT2D eigenvalue weighted by atomic mass is 16.4. The standard InChI is InChI=1S/C12H23N3O4/c1-5-6-9(11(17)18)15-12(19)14-8(4)10(16)13-7(2)3/h7-9H,5-6H2,1-4H3,(H,13,16)(H,17,18)(H2,14,15,19)/t8?,9-/m1/s1. The summed E-state index contributed by atoms with van der Waals surface area (Å²) in [5, 5.41) is 16.3. The van der Waals surface area contributed by atoms with Crippen molar-refractivity contribution in [3.8, 4) is 0 Å². The Balaban J connectivity index is 4.28. The third kappa shape index (κ3) is 7.28. The first kappa shape index (κ1) is 17.2. The lowest BCUT2D eigenvalue weighted by Gasteiger charge is -2.18. The number of hydrogen-bond acceptors (Lipinski definition) is 3. The van der Waals surface area contributed by atoms with E-state index in [1.54, 1.807) is 0 Å². The Morgan fingerprint density at radius 3 is 2.05 bits per heavy atom. The van der Waals surface area contributed by atoms with E-state index in [-0.39, 0.29) is 11.9 Å². The van der Waals surface area contributed by atoms with Crippen LogP contribution in [0.15, 0.2) is 0 Å². The Labute approximate surface area is 113 Å². The van der Waals surface area contributed by atoms with E-state index in [2.05, 4.69) is 16.0 Å². The van der Waals surface area contributed by atoms with Gasteiger partial charge in [0.05, 0.1) is 0 Å². The molecule has 0 radical (unpaired) electrons. The Morgan fingerprint density at radius 2 is 1.63 bits per heavy atom. The lowest BCUT2D eigenvalue weighted by atomic mass is 10.2. The molecule has 7 heteroatoms. The molecule has 1 unspecified atom stereocenters. The third-order valence-electron chi connectivity index (χ3n) is 2.35. The van der Waals surface area contributed by atoms with Crippen LogP contribution in [-0.4, -0.2) is 41.1 Å². The molecule has 19 heavy (non-hydrogen) atoms. The number of urea groups is 1. The van der Waals surface area contributed by atoms with Gasteiger partial charge in [0.2, 0.25) is 5.91 Å². The van der Waals surface area contributed by atoms with Crippen molar-refractivity contribution in [2.45, 2.75) is 58.7 Å². The fourth-order valence-electron chi connectivity index (χ4n) is 1.42. The Hall–Kier alpha value is -1.79. The summed E-state index contributed by atoms with van der Waals surface area (Å²) >= 11 is 0. The van der Waals surface area contributed by atoms with Crippen LogP contribution in [0.2, 0.25) is 0 Å². The summed E-state index contributed by atoms with van der Waals surface area (Å²) < 4.78 is 0. The van der Waals surface area contributed by atoms with Crippen molar-refractivity contribution in [3.63, 3.8) is 0 Å². The number of nitrogens with one attached hydrogen (secondary N) is 3. The molecule has 3 amide bonds. The lowest BCUT2D eigenvalue weighted by molar-refractivity contribution is -0.139. The largest absolute Gasteiger partial charge is 0.480 e. The molecule has 0 aromatic carbocycles. The first-order valence-electron chi connectivity index (χ1n) is 6.38. The Kier molecular flexibility index (Phi) is 7.55. The molecule has 0 saturated carbocycles. The smallest absolute Gasteiger partial charge is 0.326 e. The van der Waals surface area contributed by atoms with E-state index in [1.807, 2.05) is 20.8 Å². The van der Waals surface area contributed by atoms with Crippen LogP contribution in [-0.2, 0) is 9.59 Å². The van der Waals surface area contributed by atoms with Crippen LogP contribution < -0.4 is 16.0 Å². The van der Waals surface area contributed by atoms with E-state index in [0.717, 1.165) is 0 Å². The summed E-state index contributed by atoms with van der Waals surface area (Å²) in [7, 11) is 0. The summed E-state index contributed by atoms with van der Waals surface area (Å²) in [6.07, 6.45) is 0.982. The minimum Gasteiger partial charge on any atom is -0.480 e. The maximum atomic E-state index is 11.6. The highest BCUT2D eigenvalue weighted by Gasteiger charge is 2.21. The highest BCUT2D eigenvalue weighted by molar-refractivity contribution is 5.88. The normalized spacial score (nSPS) is 13.5. The lowest BCUT2D eigenvalue weighted by Crippen LogP contribution is -2.53. The molecule has 0 aromatic heterocycles.